The van der Waals surface area contributed by atoms with Crippen LogP contribution in [0, 0.1) is 0 Å². The molecule has 1 heterocycles. The number of halogens is 1. The van der Waals surface area contributed by atoms with E-state index in [2.05, 4.69) is 34.5 Å². The van der Waals surface area contributed by atoms with Gasteiger partial charge in [-0.05, 0) is 67.6 Å². The zero-order chi connectivity index (χ0) is 22.3. The highest BCUT2D eigenvalue weighted by molar-refractivity contribution is 5.85. The molecule has 0 radical (unpaired) electrons. The summed E-state index contributed by atoms with van der Waals surface area (Å²) in [7, 11) is 0. The van der Waals surface area contributed by atoms with Crippen LogP contribution < -0.4 is 5.32 Å². The van der Waals surface area contributed by atoms with Crippen molar-refractivity contribution >= 4 is 24.5 Å². The number of amides is 1. The monoisotopic (exact) mass is 472 g/mol. The van der Waals surface area contributed by atoms with E-state index in [9.17, 15) is 14.7 Å². The number of hydrogen-bond donors (Lipinski definition) is 2. The molecule has 1 saturated heterocycles. The van der Waals surface area contributed by atoms with Gasteiger partial charge in [0.05, 0.1) is 0 Å². The SMILES string of the molecule is Cl.O=C(NC(CCCN1CCCCCC1)C(=O)O)OCC1c2ccccc2-c2ccccc21. The van der Waals surface area contributed by atoms with E-state index in [1.807, 2.05) is 24.3 Å². The molecule has 2 aromatic rings. The first-order valence-corrected chi connectivity index (χ1v) is 11.7. The molecule has 0 saturated carbocycles. The van der Waals surface area contributed by atoms with Gasteiger partial charge in [-0.3, -0.25) is 0 Å². The van der Waals surface area contributed by atoms with Crippen LogP contribution >= 0.6 is 12.4 Å². The van der Waals surface area contributed by atoms with Crippen LogP contribution in [0.4, 0.5) is 4.79 Å². The number of nitrogens with zero attached hydrogens (tertiary/aromatic N) is 1. The van der Waals surface area contributed by atoms with Crippen LogP contribution in [0.25, 0.3) is 11.1 Å². The molecular weight excluding hydrogens is 440 g/mol. The first-order chi connectivity index (χ1) is 15.6. The molecule has 2 aliphatic rings. The minimum atomic E-state index is -1.02. The molecule has 1 aliphatic carbocycles. The van der Waals surface area contributed by atoms with Gasteiger partial charge < -0.3 is 20.1 Å². The third-order valence-electron chi connectivity index (χ3n) is 6.60. The van der Waals surface area contributed by atoms with Crippen LogP contribution in [0.2, 0.25) is 0 Å². The second-order valence-corrected chi connectivity index (χ2v) is 8.76. The maximum Gasteiger partial charge on any atom is 0.407 e. The summed E-state index contributed by atoms with van der Waals surface area (Å²) in [6.07, 6.45) is 5.43. The van der Waals surface area contributed by atoms with Gasteiger partial charge in [-0.15, -0.1) is 12.4 Å². The molecule has 7 heteroatoms. The van der Waals surface area contributed by atoms with E-state index in [1.54, 1.807) is 0 Å². The largest absolute Gasteiger partial charge is 0.480 e. The molecule has 2 N–H and O–H groups in total. The van der Waals surface area contributed by atoms with Crippen molar-refractivity contribution in [2.45, 2.75) is 50.5 Å². The summed E-state index contributed by atoms with van der Waals surface area (Å²) < 4.78 is 5.51. The highest BCUT2D eigenvalue weighted by Gasteiger charge is 2.29. The van der Waals surface area contributed by atoms with Crippen molar-refractivity contribution in [2.75, 3.05) is 26.2 Å². The van der Waals surface area contributed by atoms with E-state index < -0.39 is 18.1 Å². The quantitative estimate of drug-likeness (QED) is 0.561. The lowest BCUT2D eigenvalue weighted by Crippen LogP contribution is -2.42. The van der Waals surface area contributed by atoms with E-state index >= 15 is 0 Å². The summed E-state index contributed by atoms with van der Waals surface area (Å²) in [5.74, 6) is -1.06. The summed E-state index contributed by atoms with van der Waals surface area (Å²) in [5, 5.41) is 12.1. The molecule has 2 aromatic carbocycles. The summed E-state index contributed by atoms with van der Waals surface area (Å²) >= 11 is 0. The Morgan fingerprint density at radius 3 is 2.12 bits per heavy atom. The molecule has 6 nitrogen and oxygen atoms in total. The van der Waals surface area contributed by atoms with Crippen LogP contribution in [-0.4, -0.2) is 54.4 Å². The Labute approximate surface area is 201 Å². The zero-order valence-corrected chi connectivity index (χ0v) is 19.7. The molecule has 1 atom stereocenters. The topological polar surface area (TPSA) is 78.9 Å². The van der Waals surface area contributed by atoms with Crippen molar-refractivity contribution in [3.63, 3.8) is 0 Å². The van der Waals surface area contributed by atoms with E-state index in [4.69, 9.17) is 4.74 Å². The van der Waals surface area contributed by atoms with E-state index in [0.717, 1.165) is 48.3 Å². The Morgan fingerprint density at radius 1 is 0.970 bits per heavy atom. The van der Waals surface area contributed by atoms with Crippen molar-refractivity contribution in [3.05, 3.63) is 59.7 Å². The third-order valence-corrected chi connectivity index (χ3v) is 6.60. The Balaban J connectivity index is 0.00000306. The Kier molecular flexibility index (Phi) is 9.15. The Morgan fingerprint density at radius 2 is 1.55 bits per heavy atom. The average molecular weight is 473 g/mol. The van der Waals surface area contributed by atoms with Crippen molar-refractivity contribution in [2.24, 2.45) is 0 Å². The lowest BCUT2D eigenvalue weighted by atomic mass is 9.98. The minimum absolute atomic E-state index is 0. The molecule has 0 bridgehead atoms. The number of nitrogens with one attached hydrogen (secondary N) is 1. The van der Waals surface area contributed by atoms with E-state index in [0.29, 0.717) is 6.42 Å². The van der Waals surface area contributed by atoms with E-state index in [-0.39, 0.29) is 24.9 Å². The van der Waals surface area contributed by atoms with Crippen LogP contribution in [-0.2, 0) is 9.53 Å². The average Bonchev–Trinajstić information content (AvgIpc) is 2.92. The standard InChI is InChI=1S/C26H32N2O4.ClH/c29-25(30)24(14-9-17-28-15-7-1-2-8-16-28)27-26(31)32-18-23-21-12-5-3-10-19(21)20-11-4-6-13-22(20)23;/h3-6,10-13,23-24H,1-2,7-9,14-18H2,(H,27,31)(H,29,30);1H. The van der Waals surface area contributed by atoms with Gasteiger partial charge in [-0.25, -0.2) is 9.59 Å². The maximum atomic E-state index is 12.4. The van der Waals surface area contributed by atoms with Gasteiger partial charge in [-0.2, -0.15) is 0 Å². The van der Waals surface area contributed by atoms with Crippen molar-refractivity contribution in [1.82, 2.24) is 10.2 Å². The molecule has 1 unspecified atom stereocenters. The van der Waals surface area contributed by atoms with Gasteiger partial charge in [0.1, 0.15) is 12.6 Å². The van der Waals surface area contributed by atoms with Gasteiger partial charge >= 0.3 is 12.1 Å². The maximum absolute atomic E-state index is 12.4. The van der Waals surface area contributed by atoms with Crippen LogP contribution in [0.1, 0.15) is 55.6 Å². The fourth-order valence-corrected chi connectivity index (χ4v) is 4.92. The number of carbonyl (C=O) groups is 2. The molecule has 0 aromatic heterocycles. The first kappa shape index (κ1) is 25.1. The number of carbonyl (C=O) groups excluding carboxylic acids is 1. The fraction of sp³-hybridized carbons (Fsp3) is 0.462. The van der Waals surface area contributed by atoms with Gasteiger partial charge in [-0.1, -0.05) is 61.4 Å². The first-order valence-electron chi connectivity index (χ1n) is 11.7. The summed E-state index contributed by atoms with van der Waals surface area (Å²) in [6.45, 7) is 3.21. The second-order valence-electron chi connectivity index (χ2n) is 8.76. The molecule has 1 aliphatic heterocycles. The number of likely N-dealkylation sites (tertiary alicyclic amines) is 1. The summed E-state index contributed by atoms with van der Waals surface area (Å²) in [5.41, 5.74) is 4.59. The van der Waals surface area contributed by atoms with Crippen LogP contribution in [0.15, 0.2) is 48.5 Å². The molecule has 0 spiro atoms. The number of ether oxygens (including phenoxy) is 1. The predicted octanol–water partition coefficient (Wildman–Crippen LogP) is 5.06. The number of hydrogen-bond acceptors (Lipinski definition) is 4. The van der Waals surface area contributed by atoms with Gasteiger partial charge in [0.2, 0.25) is 0 Å². The Bertz CT molecular complexity index is 898. The summed E-state index contributed by atoms with van der Waals surface area (Å²) in [4.78, 5) is 26.5. The lowest BCUT2D eigenvalue weighted by Gasteiger charge is -2.21. The van der Waals surface area contributed by atoms with Gasteiger partial charge in [0, 0.05) is 5.92 Å². The van der Waals surface area contributed by atoms with Crippen molar-refractivity contribution in [3.8, 4) is 11.1 Å². The normalized spacial score (nSPS) is 16.6. The second kappa shape index (κ2) is 12.1. The lowest BCUT2D eigenvalue weighted by molar-refractivity contribution is -0.139. The molecule has 178 valence electrons. The number of rotatable bonds is 8. The number of carboxylic acid groups (broad SMARTS) is 1. The Hall–Kier alpha value is -2.57. The minimum Gasteiger partial charge on any atom is -0.480 e. The fourth-order valence-electron chi connectivity index (χ4n) is 4.92. The van der Waals surface area contributed by atoms with E-state index in [1.165, 1.54) is 25.7 Å². The number of fused-ring (bicyclic) bond motifs is 3. The number of aliphatic carboxylic acids is 1. The molecule has 4 rings (SSSR count). The molecule has 33 heavy (non-hydrogen) atoms. The molecule has 1 fully saturated rings. The van der Waals surface area contributed by atoms with Crippen LogP contribution in [0.5, 0.6) is 0 Å². The highest BCUT2D eigenvalue weighted by atomic mass is 35.5. The number of benzene rings is 2. The van der Waals surface area contributed by atoms with Crippen molar-refractivity contribution < 1.29 is 19.4 Å². The highest BCUT2D eigenvalue weighted by Crippen LogP contribution is 2.44. The number of alkyl carbamates (subject to hydrolysis) is 1. The van der Waals surface area contributed by atoms with Gasteiger partial charge in [0.15, 0.2) is 0 Å². The third kappa shape index (κ3) is 6.27. The van der Waals surface area contributed by atoms with Gasteiger partial charge in [0.25, 0.3) is 0 Å². The predicted molar refractivity (Wildman–Crippen MR) is 131 cm³/mol. The number of carboxylic acids is 1. The van der Waals surface area contributed by atoms with Crippen LogP contribution in [0.3, 0.4) is 0 Å². The molecular formula is C26H33ClN2O4. The summed E-state index contributed by atoms with van der Waals surface area (Å²) in [6, 6.07) is 15.3. The molecule has 1 amide bonds. The smallest absolute Gasteiger partial charge is 0.407 e. The zero-order valence-electron chi connectivity index (χ0n) is 18.9. The van der Waals surface area contributed by atoms with Crippen molar-refractivity contribution in [1.29, 1.82) is 0 Å².